The van der Waals surface area contributed by atoms with Crippen LogP contribution in [0.15, 0.2) is 18.2 Å². The molecule has 0 fully saturated rings. The minimum Gasteiger partial charge on any atom is -0.384 e. The maximum absolute atomic E-state index is 6.04. The molecular weight excluding hydrogens is 220 g/mol. The lowest BCUT2D eigenvalue weighted by molar-refractivity contribution is 0.652. The van der Waals surface area contributed by atoms with E-state index in [1.165, 1.54) is 12.8 Å². The molecule has 0 bridgehead atoms. The van der Waals surface area contributed by atoms with Crippen molar-refractivity contribution in [2.75, 3.05) is 25.0 Å². The van der Waals surface area contributed by atoms with Crippen molar-refractivity contribution in [3.05, 3.63) is 28.8 Å². The Morgan fingerprint density at radius 2 is 2.00 bits per heavy atom. The maximum atomic E-state index is 6.04. The first kappa shape index (κ1) is 13.3. The summed E-state index contributed by atoms with van der Waals surface area (Å²) in [5, 5.41) is 7.60. The number of anilines is 1. The Morgan fingerprint density at radius 3 is 2.75 bits per heavy atom. The molecule has 0 aliphatic rings. The number of unbranched alkanes of at least 4 members (excludes halogenated alkanes) is 1. The van der Waals surface area contributed by atoms with E-state index < -0.39 is 0 Å². The fourth-order valence-electron chi connectivity index (χ4n) is 1.51. The van der Waals surface area contributed by atoms with Gasteiger partial charge in [0.2, 0.25) is 0 Å². The summed E-state index contributed by atoms with van der Waals surface area (Å²) in [6.45, 7) is 7.27. The Balaban J connectivity index is 2.24. The van der Waals surface area contributed by atoms with Gasteiger partial charge in [0.1, 0.15) is 0 Å². The highest BCUT2D eigenvalue weighted by Gasteiger charge is 2.00. The summed E-state index contributed by atoms with van der Waals surface area (Å²) in [5.41, 5.74) is 2.25. The lowest BCUT2D eigenvalue weighted by Gasteiger charge is -2.10. The molecule has 0 atom stereocenters. The molecule has 1 rings (SSSR count). The van der Waals surface area contributed by atoms with Crippen LogP contribution in [0.25, 0.3) is 0 Å². The van der Waals surface area contributed by atoms with E-state index in [1.807, 2.05) is 19.1 Å². The molecule has 0 heterocycles. The first-order valence-electron chi connectivity index (χ1n) is 5.95. The third-order valence-electron chi connectivity index (χ3n) is 2.59. The molecule has 0 aliphatic carbocycles. The van der Waals surface area contributed by atoms with Crippen molar-refractivity contribution >= 4 is 17.3 Å². The van der Waals surface area contributed by atoms with Crippen LogP contribution in [-0.2, 0) is 0 Å². The van der Waals surface area contributed by atoms with Crippen LogP contribution >= 0.6 is 11.6 Å². The summed E-state index contributed by atoms with van der Waals surface area (Å²) in [7, 11) is 0. The van der Waals surface area contributed by atoms with E-state index in [1.54, 1.807) is 0 Å². The SMILES string of the molecule is CCCCNCCNc1cccc(Cl)c1C. The number of rotatable bonds is 7. The van der Waals surface area contributed by atoms with Crippen molar-refractivity contribution in [3.8, 4) is 0 Å². The second-order valence-corrected chi connectivity index (χ2v) is 4.35. The molecule has 0 saturated carbocycles. The Morgan fingerprint density at radius 1 is 1.19 bits per heavy atom. The van der Waals surface area contributed by atoms with Gasteiger partial charge in [-0.2, -0.15) is 0 Å². The highest BCUT2D eigenvalue weighted by molar-refractivity contribution is 6.31. The van der Waals surface area contributed by atoms with Crippen LogP contribution in [0.3, 0.4) is 0 Å². The highest BCUT2D eigenvalue weighted by atomic mass is 35.5. The second-order valence-electron chi connectivity index (χ2n) is 3.94. The molecule has 1 aromatic carbocycles. The minimum atomic E-state index is 0.823. The van der Waals surface area contributed by atoms with Gasteiger partial charge >= 0.3 is 0 Å². The van der Waals surface area contributed by atoms with Gasteiger partial charge < -0.3 is 10.6 Å². The second kappa shape index (κ2) is 7.53. The fraction of sp³-hybridized carbons (Fsp3) is 0.538. The zero-order valence-corrected chi connectivity index (χ0v) is 10.9. The molecule has 0 aromatic heterocycles. The minimum absolute atomic E-state index is 0.823. The first-order chi connectivity index (χ1) is 7.75. The first-order valence-corrected chi connectivity index (χ1v) is 6.33. The molecule has 2 nitrogen and oxygen atoms in total. The number of hydrogen-bond acceptors (Lipinski definition) is 2. The molecule has 90 valence electrons. The summed E-state index contributed by atoms with van der Waals surface area (Å²) in [4.78, 5) is 0. The standard InChI is InChI=1S/C13H21ClN2/c1-3-4-8-15-9-10-16-13-7-5-6-12(14)11(13)2/h5-7,15-16H,3-4,8-10H2,1-2H3. The molecule has 1 aromatic rings. The average Bonchev–Trinajstić information content (AvgIpc) is 2.29. The summed E-state index contributed by atoms with van der Waals surface area (Å²) >= 11 is 6.04. The van der Waals surface area contributed by atoms with E-state index in [9.17, 15) is 0 Å². The maximum Gasteiger partial charge on any atom is 0.0455 e. The highest BCUT2D eigenvalue weighted by Crippen LogP contribution is 2.22. The van der Waals surface area contributed by atoms with E-state index in [4.69, 9.17) is 11.6 Å². The number of halogens is 1. The molecule has 0 radical (unpaired) electrons. The van der Waals surface area contributed by atoms with E-state index in [0.29, 0.717) is 0 Å². The summed E-state index contributed by atoms with van der Waals surface area (Å²) in [6, 6.07) is 5.96. The number of hydrogen-bond donors (Lipinski definition) is 2. The topological polar surface area (TPSA) is 24.1 Å². The van der Waals surface area contributed by atoms with Gasteiger partial charge in [0.05, 0.1) is 0 Å². The smallest absolute Gasteiger partial charge is 0.0455 e. The molecule has 0 saturated heterocycles. The predicted molar refractivity (Wildman–Crippen MR) is 72.5 cm³/mol. The largest absolute Gasteiger partial charge is 0.384 e. The van der Waals surface area contributed by atoms with Gasteiger partial charge in [-0.05, 0) is 37.6 Å². The zero-order chi connectivity index (χ0) is 11.8. The monoisotopic (exact) mass is 240 g/mol. The number of nitrogens with one attached hydrogen (secondary N) is 2. The quantitative estimate of drug-likeness (QED) is 0.714. The van der Waals surface area contributed by atoms with Crippen LogP contribution < -0.4 is 10.6 Å². The number of benzene rings is 1. The van der Waals surface area contributed by atoms with Crippen LogP contribution in [0.1, 0.15) is 25.3 Å². The van der Waals surface area contributed by atoms with Gasteiger partial charge in [-0.3, -0.25) is 0 Å². The van der Waals surface area contributed by atoms with Gasteiger partial charge in [-0.15, -0.1) is 0 Å². The van der Waals surface area contributed by atoms with E-state index in [-0.39, 0.29) is 0 Å². The van der Waals surface area contributed by atoms with Gasteiger partial charge in [-0.1, -0.05) is 31.0 Å². The van der Waals surface area contributed by atoms with Crippen molar-refractivity contribution in [2.24, 2.45) is 0 Å². The van der Waals surface area contributed by atoms with Crippen LogP contribution in [0.5, 0.6) is 0 Å². The third-order valence-corrected chi connectivity index (χ3v) is 3.00. The molecule has 3 heteroatoms. The van der Waals surface area contributed by atoms with Crippen molar-refractivity contribution in [2.45, 2.75) is 26.7 Å². The Labute approximate surface area is 103 Å². The molecule has 0 amide bonds. The van der Waals surface area contributed by atoms with Crippen molar-refractivity contribution in [3.63, 3.8) is 0 Å². The Kier molecular flexibility index (Phi) is 6.27. The van der Waals surface area contributed by atoms with Gasteiger partial charge in [0.15, 0.2) is 0 Å². The van der Waals surface area contributed by atoms with Crippen molar-refractivity contribution in [1.29, 1.82) is 0 Å². The average molecular weight is 241 g/mol. The molecular formula is C13H21ClN2. The third kappa shape index (κ3) is 4.42. The molecule has 16 heavy (non-hydrogen) atoms. The van der Waals surface area contributed by atoms with Gasteiger partial charge in [0, 0.05) is 23.8 Å². The lowest BCUT2D eigenvalue weighted by atomic mass is 10.2. The summed E-state index contributed by atoms with van der Waals surface area (Å²) in [5.74, 6) is 0. The lowest BCUT2D eigenvalue weighted by Crippen LogP contribution is -2.23. The van der Waals surface area contributed by atoms with Gasteiger partial charge in [0.25, 0.3) is 0 Å². The molecule has 0 aliphatic heterocycles. The Hall–Kier alpha value is -0.730. The molecule has 2 N–H and O–H groups in total. The predicted octanol–water partition coefficient (Wildman–Crippen LogP) is 3.45. The van der Waals surface area contributed by atoms with Crippen molar-refractivity contribution < 1.29 is 0 Å². The normalized spacial score (nSPS) is 10.4. The summed E-state index contributed by atoms with van der Waals surface area (Å²) < 4.78 is 0. The van der Waals surface area contributed by atoms with E-state index in [0.717, 1.165) is 35.9 Å². The van der Waals surface area contributed by atoms with Crippen LogP contribution in [-0.4, -0.2) is 19.6 Å². The van der Waals surface area contributed by atoms with E-state index in [2.05, 4.69) is 23.6 Å². The Bertz CT molecular complexity index is 313. The molecule has 0 spiro atoms. The van der Waals surface area contributed by atoms with E-state index >= 15 is 0 Å². The summed E-state index contributed by atoms with van der Waals surface area (Å²) in [6.07, 6.45) is 2.49. The zero-order valence-electron chi connectivity index (χ0n) is 10.1. The van der Waals surface area contributed by atoms with Crippen LogP contribution in [0.2, 0.25) is 5.02 Å². The molecule has 0 unspecified atom stereocenters. The van der Waals surface area contributed by atoms with Crippen molar-refractivity contribution in [1.82, 2.24) is 5.32 Å². The van der Waals surface area contributed by atoms with Gasteiger partial charge in [-0.25, -0.2) is 0 Å². The van der Waals surface area contributed by atoms with Crippen LogP contribution in [0.4, 0.5) is 5.69 Å². The van der Waals surface area contributed by atoms with Crippen LogP contribution in [0, 0.1) is 6.92 Å². The fourth-order valence-corrected chi connectivity index (χ4v) is 1.69.